The van der Waals surface area contributed by atoms with Crippen LogP contribution in [0.2, 0.25) is 0 Å². The maximum atomic E-state index is 11.7. The highest BCUT2D eigenvalue weighted by Crippen LogP contribution is 2.25. The molecule has 2 nitrogen and oxygen atoms in total. The standard InChI is InChI=1S/C12H11NO/c14-12-7-3-4-9-8-13(12)11-6-2-1-5-10(9)11/h1-2,5-6,8H,3-4,7H2. The molecule has 14 heavy (non-hydrogen) atoms. The lowest BCUT2D eigenvalue weighted by atomic mass is 10.1. The molecule has 1 aromatic carbocycles. The van der Waals surface area contributed by atoms with Gasteiger partial charge in [-0.1, -0.05) is 18.2 Å². The van der Waals surface area contributed by atoms with E-state index >= 15 is 0 Å². The number of nitrogens with zero attached hydrogens (tertiary/aromatic N) is 1. The summed E-state index contributed by atoms with van der Waals surface area (Å²) < 4.78 is 1.80. The Labute approximate surface area is 82.1 Å². The average molecular weight is 185 g/mol. The zero-order valence-electron chi connectivity index (χ0n) is 7.86. The molecule has 0 radical (unpaired) electrons. The second kappa shape index (κ2) is 2.71. The normalized spacial score (nSPS) is 15.9. The molecule has 3 rings (SSSR count). The Morgan fingerprint density at radius 3 is 2.93 bits per heavy atom. The summed E-state index contributed by atoms with van der Waals surface area (Å²) in [5, 5.41) is 1.24. The van der Waals surface area contributed by atoms with Crippen molar-refractivity contribution >= 4 is 16.8 Å². The molecule has 0 atom stereocenters. The van der Waals surface area contributed by atoms with E-state index in [0.29, 0.717) is 6.42 Å². The number of hydrogen-bond acceptors (Lipinski definition) is 1. The molecule has 0 aliphatic carbocycles. The molecule has 2 heterocycles. The minimum atomic E-state index is 0.227. The van der Waals surface area contributed by atoms with Gasteiger partial charge in [-0.05, 0) is 24.5 Å². The van der Waals surface area contributed by atoms with E-state index in [9.17, 15) is 4.79 Å². The van der Waals surface area contributed by atoms with Gasteiger partial charge in [0.05, 0.1) is 5.52 Å². The molecule has 1 aliphatic heterocycles. The van der Waals surface area contributed by atoms with Crippen LogP contribution in [0.25, 0.3) is 10.9 Å². The van der Waals surface area contributed by atoms with E-state index < -0.39 is 0 Å². The summed E-state index contributed by atoms with van der Waals surface area (Å²) >= 11 is 0. The second-order valence-electron chi connectivity index (χ2n) is 3.79. The summed E-state index contributed by atoms with van der Waals surface area (Å²) in [4.78, 5) is 11.7. The molecule has 0 fully saturated rings. The van der Waals surface area contributed by atoms with Crippen LogP contribution in [0.4, 0.5) is 0 Å². The fourth-order valence-electron chi connectivity index (χ4n) is 2.21. The monoisotopic (exact) mass is 185 g/mol. The van der Waals surface area contributed by atoms with Crippen molar-refractivity contribution in [3.63, 3.8) is 0 Å². The molecule has 2 aromatic rings. The van der Waals surface area contributed by atoms with Gasteiger partial charge >= 0.3 is 0 Å². The number of rotatable bonds is 0. The van der Waals surface area contributed by atoms with Crippen molar-refractivity contribution in [1.29, 1.82) is 0 Å². The maximum absolute atomic E-state index is 11.7. The Balaban J connectivity index is 2.42. The van der Waals surface area contributed by atoms with E-state index in [-0.39, 0.29) is 5.91 Å². The molecular weight excluding hydrogens is 174 g/mol. The molecule has 70 valence electrons. The predicted molar refractivity (Wildman–Crippen MR) is 55.5 cm³/mol. The third-order valence-electron chi connectivity index (χ3n) is 2.90. The smallest absolute Gasteiger partial charge is 0.231 e. The summed E-state index contributed by atoms with van der Waals surface area (Å²) in [6, 6.07) is 8.13. The van der Waals surface area contributed by atoms with Crippen LogP contribution in [-0.2, 0) is 6.42 Å². The number of aromatic nitrogens is 1. The number of carbonyl (C=O) groups is 1. The van der Waals surface area contributed by atoms with Crippen LogP contribution in [0.1, 0.15) is 23.2 Å². The molecule has 1 aliphatic rings. The van der Waals surface area contributed by atoms with E-state index in [4.69, 9.17) is 0 Å². The van der Waals surface area contributed by atoms with Gasteiger partial charge in [0.1, 0.15) is 0 Å². The van der Waals surface area contributed by atoms with Crippen LogP contribution in [0.5, 0.6) is 0 Å². The second-order valence-corrected chi connectivity index (χ2v) is 3.79. The topological polar surface area (TPSA) is 22.0 Å². The van der Waals surface area contributed by atoms with E-state index in [0.717, 1.165) is 18.4 Å². The van der Waals surface area contributed by atoms with Crippen LogP contribution in [0.3, 0.4) is 0 Å². The number of benzene rings is 1. The van der Waals surface area contributed by atoms with Crippen molar-refractivity contribution in [2.24, 2.45) is 0 Å². The quantitative estimate of drug-likeness (QED) is 0.618. The van der Waals surface area contributed by atoms with E-state index in [1.165, 1.54) is 10.9 Å². The molecule has 0 amide bonds. The minimum Gasteiger partial charge on any atom is -0.287 e. The Kier molecular flexibility index (Phi) is 1.51. The number of para-hydroxylation sites is 1. The van der Waals surface area contributed by atoms with Crippen molar-refractivity contribution in [3.8, 4) is 0 Å². The zero-order chi connectivity index (χ0) is 9.54. The van der Waals surface area contributed by atoms with Crippen molar-refractivity contribution < 1.29 is 4.79 Å². The van der Waals surface area contributed by atoms with Gasteiger partial charge < -0.3 is 0 Å². The fourth-order valence-corrected chi connectivity index (χ4v) is 2.21. The van der Waals surface area contributed by atoms with Gasteiger partial charge in [0.2, 0.25) is 5.91 Å². The maximum Gasteiger partial charge on any atom is 0.231 e. The van der Waals surface area contributed by atoms with Gasteiger partial charge in [-0.15, -0.1) is 0 Å². The molecule has 2 bridgehead atoms. The number of fused-ring (bicyclic) bond motifs is 5. The molecule has 1 aromatic heterocycles. The number of aryl methyl sites for hydroxylation is 1. The lowest BCUT2D eigenvalue weighted by Gasteiger charge is -2.03. The van der Waals surface area contributed by atoms with Crippen molar-refractivity contribution in [2.75, 3.05) is 0 Å². The van der Waals surface area contributed by atoms with Gasteiger partial charge in [-0.25, -0.2) is 0 Å². The van der Waals surface area contributed by atoms with E-state index in [1.54, 1.807) is 4.57 Å². The van der Waals surface area contributed by atoms with Gasteiger partial charge in [0.15, 0.2) is 0 Å². The Hall–Kier alpha value is -1.57. The Bertz CT molecular complexity index is 510. The van der Waals surface area contributed by atoms with E-state index in [2.05, 4.69) is 6.07 Å². The van der Waals surface area contributed by atoms with Gasteiger partial charge in [-0.3, -0.25) is 9.36 Å². The van der Waals surface area contributed by atoms with Crippen LogP contribution >= 0.6 is 0 Å². The summed E-state index contributed by atoms with van der Waals surface area (Å²) in [6.07, 6.45) is 4.68. The van der Waals surface area contributed by atoms with Crippen LogP contribution in [-0.4, -0.2) is 10.5 Å². The minimum absolute atomic E-state index is 0.227. The summed E-state index contributed by atoms with van der Waals surface area (Å²) in [5.74, 6) is 0.227. The van der Waals surface area contributed by atoms with Gasteiger partial charge in [-0.2, -0.15) is 0 Å². The molecular formula is C12H11NO. The first-order valence-electron chi connectivity index (χ1n) is 4.98. The summed E-state index contributed by atoms with van der Waals surface area (Å²) in [6.45, 7) is 0. The lowest BCUT2D eigenvalue weighted by Crippen LogP contribution is -2.07. The third kappa shape index (κ3) is 0.939. The number of hydrogen-bond donors (Lipinski definition) is 0. The highest BCUT2D eigenvalue weighted by atomic mass is 16.2. The number of carbonyl (C=O) groups excluding carboxylic acids is 1. The highest BCUT2D eigenvalue weighted by Gasteiger charge is 2.16. The van der Waals surface area contributed by atoms with Crippen LogP contribution < -0.4 is 0 Å². The molecule has 0 spiro atoms. The van der Waals surface area contributed by atoms with Crippen molar-refractivity contribution in [2.45, 2.75) is 19.3 Å². The predicted octanol–water partition coefficient (Wildman–Crippen LogP) is 2.62. The summed E-state index contributed by atoms with van der Waals surface area (Å²) in [5.41, 5.74) is 2.37. The lowest BCUT2D eigenvalue weighted by molar-refractivity contribution is 0.0908. The average Bonchev–Trinajstić information content (AvgIpc) is 2.45. The molecule has 0 saturated heterocycles. The first-order chi connectivity index (χ1) is 6.86. The fraction of sp³-hybridized carbons (Fsp3) is 0.250. The third-order valence-corrected chi connectivity index (χ3v) is 2.90. The Morgan fingerprint density at radius 2 is 2.00 bits per heavy atom. The van der Waals surface area contributed by atoms with Crippen LogP contribution in [0.15, 0.2) is 30.5 Å². The van der Waals surface area contributed by atoms with Gasteiger partial charge in [0.25, 0.3) is 0 Å². The van der Waals surface area contributed by atoms with Gasteiger partial charge in [0, 0.05) is 18.0 Å². The molecule has 2 heteroatoms. The van der Waals surface area contributed by atoms with Crippen LogP contribution in [0, 0.1) is 0 Å². The first-order valence-corrected chi connectivity index (χ1v) is 4.98. The first kappa shape index (κ1) is 7.80. The van der Waals surface area contributed by atoms with Crippen molar-refractivity contribution in [1.82, 2.24) is 4.57 Å². The van der Waals surface area contributed by atoms with E-state index in [1.807, 2.05) is 24.4 Å². The molecule has 0 N–H and O–H groups in total. The molecule has 0 saturated carbocycles. The Morgan fingerprint density at radius 1 is 1.14 bits per heavy atom. The SMILES string of the molecule is O=C1CCCc2cn1c1ccccc21. The highest BCUT2D eigenvalue weighted by molar-refractivity contribution is 5.95. The zero-order valence-corrected chi connectivity index (χ0v) is 7.86. The summed E-state index contributed by atoms with van der Waals surface area (Å²) in [7, 11) is 0. The molecule has 0 unspecified atom stereocenters. The van der Waals surface area contributed by atoms with Crippen molar-refractivity contribution in [3.05, 3.63) is 36.0 Å². The largest absolute Gasteiger partial charge is 0.287 e.